The molecular weight excluding hydrogens is 328 g/mol. The molecule has 0 amide bonds. The lowest BCUT2D eigenvalue weighted by Gasteiger charge is -2.02. The van der Waals surface area contributed by atoms with Gasteiger partial charge in [-0.15, -0.1) is 0 Å². The standard InChI is InChI=1S/C14H13BrO5/c1-3-18-13(16)10-8-6-5-7-9(15)11(8)20-12(10)14(17)19-4-2/h5-7H,3-4H2,1-2H3. The average molecular weight is 341 g/mol. The first-order chi connectivity index (χ1) is 9.60. The van der Waals surface area contributed by atoms with Crippen molar-refractivity contribution < 1.29 is 23.5 Å². The van der Waals surface area contributed by atoms with Crippen LogP contribution in [0.25, 0.3) is 11.0 Å². The predicted octanol–water partition coefficient (Wildman–Crippen LogP) is 3.55. The molecule has 0 saturated heterocycles. The number of para-hydroxylation sites is 1. The van der Waals surface area contributed by atoms with Crippen molar-refractivity contribution in [1.29, 1.82) is 0 Å². The molecule has 2 aromatic rings. The van der Waals surface area contributed by atoms with Gasteiger partial charge in [-0.2, -0.15) is 0 Å². The Morgan fingerprint density at radius 3 is 2.45 bits per heavy atom. The van der Waals surface area contributed by atoms with E-state index in [1.807, 2.05) is 0 Å². The topological polar surface area (TPSA) is 65.7 Å². The van der Waals surface area contributed by atoms with Gasteiger partial charge in [0.05, 0.1) is 17.7 Å². The third kappa shape index (κ3) is 2.56. The minimum atomic E-state index is -0.682. The first kappa shape index (κ1) is 14.6. The molecule has 1 heterocycles. The third-order valence-corrected chi connectivity index (χ3v) is 3.23. The van der Waals surface area contributed by atoms with Gasteiger partial charge in [0.25, 0.3) is 0 Å². The van der Waals surface area contributed by atoms with Gasteiger partial charge < -0.3 is 13.9 Å². The molecule has 0 radical (unpaired) electrons. The number of furan rings is 1. The Morgan fingerprint density at radius 1 is 1.15 bits per heavy atom. The number of hydrogen-bond donors (Lipinski definition) is 0. The van der Waals surface area contributed by atoms with E-state index in [9.17, 15) is 9.59 Å². The SMILES string of the molecule is CCOC(=O)c1oc2c(Br)cccc2c1C(=O)OCC. The van der Waals surface area contributed by atoms with Crippen LogP contribution in [0.1, 0.15) is 34.8 Å². The quantitative estimate of drug-likeness (QED) is 0.796. The van der Waals surface area contributed by atoms with E-state index in [2.05, 4.69) is 15.9 Å². The highest BCUT2D eigenvalue weighted by molar-refractivity contribution is 9.10. The van der Waals surface area contributed by atoms with Gasteiger partial charge in [-0.3, -0.25) is 0 Å². The molecule has 0 aliphatic heterocycles. The maximum Gasteiger partial charge on any atom is 0.375 e. The zero-order valence-corrected chi connectivity index (χ0v) is 12.7. The average Bonchev–Trinajstić information content (AvgIpc) is 2.80. The Hall–Kier alpha value is -1.82. The van der Waals surface area contributed by atoms with E-state index in [4.69, 9.17) is 13.9 Å². The van der Waals surface area contributed by atoms with E-state index < -0.39 is 11.9 Å². The number of hydrogen-bond acceptors (Lipinski definition) is 5. The summed E-state index contributed by atoms with van der Waals surface area (Å²) in [6.07, 6.45) is 0. The monoisotopic (exact) mass is 340 g/mol. The number of fused-ring (bicyclic) bond motifs is 1. The molecule has 1 aromatic heterocycles. The van der Waals surface area contributed by atoms with Crippen molar-refractivity contribution >= 4 is 38.8 Å². The molecule has 0 spiro atoms. The van der Waals surface area contributed by atoms with Gasteiger partial charge in [-0.05, 0) is 35.8 Å². The molecule has 0 atom stereocenters. The normalized spacial score (nSPS) is 10.6. The van der Waals surface area contributed by atoms with E-state index in [0.717, 1.165) is 0 Å². The highest BCUT2D eigenvalue weighted by atomic mass is 79.9. The van der Waals surface area contributed by atoms with Gasteiger partial charge in [-0.1, -0.05) is 12.1 Å². The van der Waals surface area contributed by atoms with Crippen LogP contribution in [0.2, 0.25) is 0 Å². The number of halogens is 1. The van der Waals surface area contributed by atoms with Crippen LogP contribution >= 0.6 is 15.9 Å². The molecule has 0 aliphatic carbocycles. The second-order valence-corrected chi connectivity index (χ2v) is 4.72. The molecule has 6 heteroatoms. The van der Waals surface area contributed by atoms with Crippen molar-refractivity contribution in [2.24, 2.45) is 0 Å². The fourth-order valence-electron chi connectivity index (χ4n) is 1.83. The molecule has 0 unspecified atom stereocenters. The van der Waals surface area contributed by atoms with E-state index in [1.165, 1.54) is 0 Å². The van der Waals surface area contributed by atoms with Crippen LogP contribution in [0.5, 0.6) is 0 Å². The van der Waals surface area contributed by atoms with Crippen molar-refractivity contribution in [3.05, 3.63) is 34.0 Å². The van der Waals surface area contributed by atoms with Gasteiger partial charge >= 0.3 is 11.9 Å². The van der Waals surface area contributed by atoms with Crippen molar-refractivity contribution in [2.45, 2.75) is 13.8 Å². The van der Waals surface area contributed by atoms with Crippen LogP contribution in [0, 0.1) is 0 Å². The van der Waals surface area contributed by atoms with E-state index in [1.54, 1.807) is 32.0 Å². The summed E-state index contributed by atoms with van der Waals surface area (Å²) in [7, 11) is 0. The summed E-state index contributed by atoms with van der Waals surface area (Å²) in [5.41, 5.74) is 0.514. The highest BCUT2D eigenvalue weighted by Crippen LogP contribution is 2.32. The van der Waals surface area contributed by atoms with Crippen LogP contribution in [-0.2, 0) is 9.47 Å². The van der Waals surface area contributed by atoms with Crippen molar-refractivity contribution in [2.75, 3.05) is 13.2 Å². The summed E-state index contributed by atoms with van der Waals surface area (Å²) in [5.74, 6) is -1.42. The maximum atomic E-state index is 12.1. The Bertz CT molecular complexity index is 659. The number of benzene rings is 1. The Kier molecular flexibility index (Phi) is 4.44. The Morgan fingerprint density at radius 2 is 1.80 bits per heavy atom. The molecular formula is C14H13BrO5. The van der Waals surface area contributed by atoms with Gasteiger partial charge in [0.1, 0.15) is 11.1 Å². The van der Waals surface area contributed by atoms with E-state index >= 15 is 0 Å². The van der Waals surface area contributed by atoms with Crippen molar-refractivity contribution in [3.63, 3.8) is 0 Å². The molecule has 0 bridgehead atoms. The third-order valence-electron chi connectivity index (χ3n) is 2.61. The summed E-state index contributed by atoms with van der Waals surface area (Å²) in [4.78, 5) is 24.0. The van der Waals surface area contributed by atoms with Crippen LogP contribution < -0.4 is 0 Å². The molecule has 2 rings (SSSR count). The fraction of sp³-hybridized carbons (Fsp3) is 0.286. The zero-order chi connectivity index (χ0) is 14.7. The largest absolute Gasteiger partial charge is 0.462 e. The number of rotatable bonds is 4. The fourth-order valence-corrected chi connectivity index (χ4v) is 2.28. The number of ether oxygens (including phenoxy) is 2. The molecule has 0 fully saturated rings. The second kappa shape index (κ2) is 6.09. The van der Waals surface area contributed by atoms with E-state index in [0.29, 0.717) is 15.4 Å². The molecule has 0 saturated carbocycles. The van der Waals surface area contributed by atoms with Crippen LogP contribution in [0.4, 0.5) is 0 Å². The molecule has 0 N–H and O–H groups in total. The Labute approximate surface area is 124 Å². The van der Waals surface area contributed by atoms with E-state index in [-0.39, 0.29) is 24.5 Å². The molecule has 1 aromatic carbocycles. The van der Waals surface area contributed by atoms with Gasteiger partial charge in [0, 0.05) is 5.39 Å². The summed E-state index contributed by atoms with van der Waals surface area (Å²) < 4.78 is 16.0. The predicted molar refractivity (Wildman–Crippen MR) is 75.8 cm³/mol. The maximum absolute atomic E-state index is 12.1. The van der Waals surface area contributed by atoms with Crippen LogP contribution in [0.3, 0.4) is 0 Å². The number of esters is 2. The highest BCUT2D eigenvalue weighted by Gasteiger charge is 2.28. The number of carbonyl (C=O) groups excluding carboxylic acids is 2. The van der Waals surface area contributed by atoms with Crippen molar-refractivity contribution in [1.82, 2.24) is 0 Å². The minimum absolute atomic E-state index is 0.0987. The number of carbonyl (C=O) groups is 2. The summed E-state index contributed by atoms with van der Waals surface area (Å²) >= 11 is 3.32. The van der Waals surface area contributed by atoms with Gasteiger partial charge in [0.15, 0.2) is 0 Å². The molecule has 20 heavy (non-hydrogen) atoms. The van der Waals surface area contributed by atoms with Gasteiger partial charge in [-0.25, -0.2) is 9.59 Å². The van der Waals surface area contributed by atoms with Gasteiger partial charge in [0.2, 0.25) is 5.76 Å². The summed E-state index contributed by atoms with van der Waals surface area (Å²) in [6.45, 7) is 3.78. The lowest BCUT2D eigenvalue weighted by atomic mass is 10.1. The van der Waals surface area contributed by atoms with Crippen LogP contribution in [0.15, 0.2) is 27.1 Å². The smallest absolute Gasteiger partial charge is 0.375 e. The molecule has 0 aliphatic rings. The lowest BCUT2D eigenvalue weighted by Crippen LogP contribution is -2.12. The first-order valence-corrected chi connectivity index (χ1v) is 6.94. The Balaban J connectivity index is 2.66. The second-order valence-electron chi connectivity index (χ2n) is 3.86. The zero-order valence-electron chi connectivity index (χ0n) is 11.1. The van der Waals surface area contributed by atoms with Crippen molar-refractivity contribution in [3.8, 4) is 0 Å². The first-order valence-electron chi connectivity index (χ1n) is 6.15. The summed E-state index contributed by atoms with van der Waals surface area (Å²) in [6, 6.07) is 5.20. The lowest BCUT2D eigenvalue weighted by molar-refractivity contribution is 0.0454. The molecule has 5 nitrogen and oxygen atoms in total. The molecule has 106 valence electrons. The minimum Gasteiger partial charge on any atom is -0.462 e. The summed E-state index contributed by atoms with van der Waals surface area (Å²) in [5, 5.41) is 0.515. The van der Waals surface area contributed by atoms with Crippen LogP contribution in [-0.4, -0.2) is 25.2 Å².